The monoisotopic (exact) mass is 198 g/mol. The molecular formula is C11H10N4. The lowest BCUT2D eigenvalue weighted by molar-refractivity contribution is -0.788. The van der Waals surface area contributed by atoms with Crippen molar-refractivity contribution in [2.45, 2.75) is 0 Å². The highest BCUT2D eigenvalue weighted by atomic mass is 15.6. The van der Waals surface area contributed by atoms with Crippen LogP contribution >= 0.6 is 0 Å². The van der Waals surface area contributed by atoms with Crippen LogP contribution in [0.5, 0.6) is 0 Å². The molecule has 0 saturated heterocycles. The first-order valence-corrected chi connectivity index (χ1v) is 4.78. The lowest BCUT2D eigenvalue weighted by Crippen LogP contribution is -2.35. The summed E-state index contributed by atoms with van der Waals surface area (Å²) in [4.78, 5) is 1.56. The molecule has 74 valence electrons. The third kappa shape index (κ3) is 1.30. The van der Waals surface area contributed by atoms with Crippen LogP contribution in [0.3, 0.4) is 0 Å². The Balaban J connectivity index is 2.16. The summed E-state index contributed by atoms with van der Waals surface area (Å²) in [7, 11) is 1.81. The molecule has 15 heavy (non-hydrogen) atoms. The van der Waals surface area contributed by atoms with Crippen LogP contribution in [0.1, 0.15) is 0 Å². The minimum Gasteiger partial charge on any atom is -0.331 e. The summed E-state index contributed by atoms with van der Waals surface area (Å²) in [6, 6.07) is 12.2. The summed E-state index contributed by atoms with van der Waals surface area (Å²) < 4.78 is 1.78. The molecular weight excluding hydrogens is 188 g/mol. The number of hydrogen-bond acceptors (Lipinski definition) is 1. The fourth-order valence-electron chi connectivity index (χ4n) is 1.68. The zero-order valence-corrected chi connectivity index (χ0v) is 8.33. The predicted octanol–water partition coefficient (Wildman–Crippen LogP) is 0.783. The molecule has 0 N–H and O–H groups in total. The molecule has 3 aromatic rings. The van der Waals surface area contributed by atoms with E-state index in [1.165, 1.54) is 5.56 Å². The summed E-state index contributed by atoms with van der Waals surface area (Å²) in [6.45, 7) is 0. The van der Waals surface area contributed by atoms with E-state index in [0.717, 1.165) is 11.2 Å². The van der Waals surface area contributed by atoms with Crippen molar-refractivity contribution in [3.05, 3.63) is 42.6 Å². The van der Waals surface area contributed by atoms with Crippen molar-refractivity contribution < 1.29 is 4.80 Å². The summed E-state index contributed by atoms with van der Waals surface area (Å²) in [5, 5.41) is 8.41. The topological polar surface area (TPSA) is 35.3 Å². The van der Waals surface area contributed by atoms with E-state index >= 15 is 0 Å². The summed E-state index contributed by atoms with van der Waals surface area (Å²) in [6.07, 6.45) is 1.98. The number of nitrogens with zero attached hydrogens (tertiary/aromatic N) is 4. The molecule has 0 atom stereocenters. The Morgan fingerprint density at radius 2 is 2.00 bits per heavy atom. The van der Waals surface area contributed by atoms with Crippen LogP contribution in [0.15, 0.2) is 42.6 Å². The average Bonchev–Trinajstić information content (AvgIpc) is 2.76. The van der Waals surface area contributed by atoms with Crippen LogP contribution in [-0.2, 0) is 7.05 Å². The van der Waals surface area contributed by atoms with Gasteiger partial charge in [-0.1, -0.05) is 30.3 Å². The highest BCUT2D eigenvalue weighted by molar-refractivity contribution is 5.67. The summed E-state index contributed by atoms with van der Waals surface area (Å²) in [5.74, 6) is 0. The first-order chi connectivity index (χ1) is 7.33. The van der Waals surface area contributed by atoms with E-state index in [9.17, 15) is 0 Å². The molecule has 2 aromatic heterocycles. The molecule has 2 heterocycles. The Bertz CT molecular complexity index is 560. The SMILES string of the molecule is C[n+]1nn2cc(-c3ccccc3)cc2[n-]1. The minimum atomic E-state index is 0.872. The Hall–Kier alpha value is -2.10. The van der Waals surface area contributed by atoms with E-state index in [1.54, 1.807) is 9.31 Å². The van der Waals surface area contributed by atoms with Crippen molar-refractivity contribution in [3.63, 3.8) is 0 Å². The third-order valence-corrected chi connectivity index (χ3v) is 2.36. The van der Waals surface area contributed by atoms with Gasteiger partial charge in [-0.3, -0.25) is 0 Å². The molecule has 0 aliphatic heterocycles. The molecule has 0 amide bonds. The van der Waals surface area contributed by atoms with Crippen molar-refractivity contribution in [2.24, 2.45) is 7.05 Å². The fraction of sp³-hybridized carbons (Fsp3) is 0.0909. The predicted molar refractivity (Wildman–Crippen MR) is 55.1 cm³/mol. The first-order valence-electron chi connectivity index (χ1n) is 4.78. The van der Waals surface area contributed by atoms with Crippen molar-refractivity contribution in [1.82, 2.24) is 14.8 Å². The van der Waals surface area contributed by atoms with Crippen LogP contribution < -0.4 is 9.90 Å². The second kappa shape index (κ2) is 2.95. The number of aromatic nitrogens is 4. The van der Waals surface area contributed by atoms with E-state index in [0.29, 0.717) is 0 Å². The number of hydrogen-bond donors (Lipinski definition) is 0. The van der Waals surface area contributed by atoms with E-state index in [4.69, 9.17) is 0 Å². The van der Waals surface area contributed by atoms with Crippen LogP contribution in [0.2, 0.25) is 0 Å². The van der Waals surface area contributed by atoms with Crippen molar-refractivity contribution >= 4 is 5.65 Å². The van der Waals surface area contributed by atoms with Gasteiger partial charge in [0, 0.05) is 0 Å². The standard InChI is InChI=1S/C11H10N4/c1-14-12-11-7-10(8-15(11)13-14)9-5-3-2-4-6-9/h2-8H,1H3. The molecule has 0 radical (unpaired) electrons. The molecule has 0 bridgehead atoms. The van der Waals surface area contributed by atoms with Crippen LogP contribution in [0.25, 0.3) is 16.8 Å². The number of rotatable bonds is 1. The quantitative estimate of drug-likeness (QED) is 0.542. The van der Waals surface area contributed by atoms with E-state index in [1.807, 2.05) is 37.5 Å². The zero-order valence-electron chi connectivity index (χ0n) is 8.33. The Kier molecular flexibility index (Phi) is 1.62. The van der Waals surface area contributed by atoms with Gasteiger partial charge in [0.1, 0.15) is 0 Å². The van der Waals surface area contributed by atoms with Gasteiger partial charge >= 0.3 is 0 Å². The largest absolute Gasteiger partial charge is 0.331 e. The van der Waals surface area contributed by atoms with E-state index in [-0.39, 0.29) is 0 Å². The van der Waals surface area contributed by atoms with Crippen molar-refractivity contribution in [2.75, 3.05) is 0 Å². The van der Waals surface area contributed by atoms with Gasteiger partial charge in [-0.05, 0) is 23.4 Å². The molecule has 4 nitrogen and oxygen atoms in total. The van der Waals surface area contributed by atoms with Gasteiger partial charge in [0.15, 0.2) is 0 Å². The zero-order chi connectivity index (χ0) is 10.3. The maximum absolute atomic E-state index is 4.23. The van der Waals surface area contributed by atoms with Crippen LogP contribution in [0, 0.1) is 0 Å². The second-order valence-corrected chi connectivity index (χ2v) is 3.48. The van der Waals surface area contributed by atoms with E-state index < -0.39 is 0 Å². The molecule has 1 aromatic carbocycles. The number of aryl methyl sites for hydroxylation is 1. The number of fused-ring (bicyclic) bond motifs is 1. The smallest absolute Gasteiger partial charge is 0.0957 e. The number of benzene rings is 1. The highest BCUT2D eigenvalue weighted by Gasteiger charge is 1.99. The number of tetrazole rings is 1. The first kappa shape index (κ1) is 8.23. The molecule has 0 fully saturated rings. The maximum Gasteiger partial charge on any atom is 0.0957 e. The fourth-order valence-corrected chi connectivity index (χ4v) is 1.68. The molecule has 3 rings (SSSR count). The van der Waals surface area contributed by atoms with Crippen LogP contribution in [0.4, 0.5) is 0 Å². The highest BCUT2D eigenvalue weighted by Crippen LogP contribution is 2.19. The van der Waals surface area contributed by atoms with Gasteiger partial charge < -0.3 is 4.52 Å². The van der Waals surface area contributed by atoms with Gasteiger partial charge in [0.2, 0.25) is 0 Å². The Labute approximate surface area is 86.7 Å². The van der Waals surface area contributed by atoms with Gasteiger partial charge in [0.05, 0.1) is 12.7 Å². The van der Waals surface area contributed by atoms with Gasteiger partial charge in [-0.15, -0.1) is 0 Å². The lowest BCUT2D eigenvalue weighted by atomic mass is 10.1. The molecule has 0 saturated carbocycles. The minimum absolute atomic E-state index is 0.872. The molecule has 4 heteroatoms. The normalized spacial score (nSPS) is 11.0. The Morgan fingerprint density at radius 1 is 1.20 bits per heavy atom. The maximum atomic E-state index is 4.23. The lowest BCUT2D eigenvalue weighted by Gasteiger charge is -1.96. The van der Waals surface area contributed by atoms with E-state index in [2.05, 4.69) is 22.4 Å². The average molecular weight is 198 g/mol. The van der Waals surface area contributed by atoms with Gasteiger partial charge in [0.25, 0.3) is 0 Å². The molecule has 0 spiro atoms. The molecule has 0 aliphatic carbocycles. The molecule has 0 aliphatic rings. The van der Waals surface area contributed by atoms with Gasteiger partial charge in [-0.2, -0.15) is 10.0 Å². The van der Waals surface area contributed by atoms with Crippen molar-refractivity contribution in [3.8, 4) is 11.1 Å². The third-order valence-electron chi connectivity index (χ3n) is 2.36. The Morgan fingerprint density at radius 3 is 2.73 bits per heavy atom. The van der Waals surface area contributed by atoms with Crippen LogP contribution in [-0.4, -0.2) is 9.73 Å². The van der Waals surface area contributed by atoms with Gasteiger partial charge in [-0.25, -0.2) is 5.10 Å². The van der Waals surface area contributed by atoms with Crippen molar-refractivity contribution in [1.29, 1.82) is 0 Å². The second-order valence-electron chi connectivity index (χ2n) is 3.48. The summed E-state index contributed by atoms with van der Waals surface area (Å²) >= 11 is 0. The summed E-state index contributed by atoms with van der Waals surface area (Å²) in [5.41, 5.74) is 3.20. The molecule has 0 unspecified atom stereocenters.